The normalized spacial score (nSPS) is 19.9. The fourth-order valence-electron chi connectivity index (χ4n) is 3.51. The first-order valence-electron chi connectivity index (χ1n) is 9.35. The lowest BCUT2D eigenvalue weighted by molar-refractivity contribution is 0.114. The molecule has 1 aliphatic heterocycles. The molecule has 0 aliphatic carbocycles. The third-order valence-corrected chi connectivity index (χ3v) is 4.92. The molecule has 1 fully saturated rings. The van der Waals surface area contributed by atoms with Crippen LogP contribution in [0.5, 0.6) is 5.88 Å². The summed E-state index contributed by atoms with van der Waals surface area (Å²) < 4.78 is 5.71. The van der Waals surface area contributed by atoms with Gasteiger partial charge in [-0.3, -0.25) is 5.10 Å². The number of H-pyrrole nitrogens is 1. The number of pyridine rings is 1. The van der Waals surface area contributed by atoms with Crippen molar-refractivity contribution in [3.8, 4) is 17.3 Å². The van der Waals surface area contributed by atoms with E-state index in [1.54, 1.807) is 6.20 Å². The van der Waals surface area contributed by atoms with Crippen LogP contribution >= 0.6 is 0 Å². The summed E-state index contributed by atoms with van der Waals surface area (Å²) >= 11 is 0. The summed E-state index contributed by atoms with van der Waals surface area (Å²) in [7, 11) is 3.95. The molecular formula is C19H25N7O2. The van der Waals surface area contributed by atoms with Gasteiger partial charge in [0.05, 0.1) is 35.7 Å². The first-order valence-corrected chi connectivity index (χ1v) is 9.35. The lowest BCUT2D eigenvalue weighted by atomic mass is 10.2. The Bertz CT molecular complexity index is 972. The third-order valence-electron chi connectivity index (χ3n) is 4.92. The van der Waals surface area contributed by atoms with E-state index in [0.29, 0.717) is 24.7 Å². The largest absolute Gasteiger partial charge is 0.475 e. The number of anilines is 1. The number of nitrogens with one attached hydrogen (secondary N) is 1. The van der Waals surface area contributed by atoms with Crippen LogP contribution < -0.4 is 9.64 Å². The lowest BCUT2D eigenvalue weighted by Gasteiger charge is -2.21. The van der Waals surface area contributed by atoms with E-state index in [1.807, 2.05) is 45.0 Å². The van der Waals surface area contributed by atoms with Crippen molar-refractivity contribution < 1.29 is 9.84 Å². The molecule has 9 nitrogen and oxygen atoms in total. The molecule has 0 saturated carbocycles. The van der Waals surface area contributed by atoms with Crippen molar-refractivity contribution in [2.75, 3.05) is 32.1 Å². The molecule has 148 valence electrons. The summed E-state index contributed by atoms with van der Waals surface area (Å²) in [5, 5.41) is 18.6. The van der Waals surface area contributed by atoms with Gasteiger partial charge < -0.3 is 19.6 Å². The molecule has 0 bridgehead atoms. The van der Waals surface area contributed by atoms with Crippen LogP contribution in [-0.2, 0) is 0 Å². The Hall–Kier alpha value is -2.78. The monoisotopic (exact) mass is 383 g/mol. The van der Waals surface area contributed by atoms with Crippen LogP contribution in [0.15, 0.2) is 24.7 Å². The molecule has 9 heteroatoms. The average molecular weight is 383 g/mol. The third kappa shape index (κ3) is 3.50. The van der Waals surface area contributed by atoms with Crippen molar-refractivity contribution in [3.05, 3.63) is 24.7 Å². The van der Waals surface area contributed by atoms with Crippen molar-refractivity contribution in [1.29, 1.82) is 0 Å². The Morgan fingerprint density at radius 2 is 2.04 bits per heavy atom. The number of nitrogens with zero attached hydrogens (tertiary/aromatic N) is 6. The topological polar surface area (TPSA) is 103 Å². The highest BCUT2D eigenvalue weighted by molar-refractivity contribution is 5.92. The summed E-state index contributed by atoms with van der Waals surface area (Å²) in [5.41, 5.74) is 2.25. The fraction of sp³-hybridized carbons (Fsp3) is 0.474. The van der Waals surface area contributed by atoms with E-state index in [4.69, 9.17) is 4.74 Å². The highest BCUT2D eigenvalue weighted by Crippen LogP contribution is 2.29. The minimum Gasteiger partial charge on any atom is -0.475 e. The summed E-state index contributed by atoms with van der Waals surface area (Å²) in [6.07, 6.45) is 2.87. The molecule has 1 aliphatic rings. The first-order chi connectivity index (χ1) is 13.4. The number of likely N-dealkylation sites (N-methyl/N-ethyl adjacent to an activating group) is 1. The van der Waals surface area contributed by atoms with Crippen molar-refractivity contribution >= 4 is 16.7 Å². The molecule has 0 amide bonds. The number of β-amino-alcohol motifs (C(OH)–C–C–N with tert-alkyl or cyclic N) is 1. The molecule has 0 unspecified atom stereocenters. The molecule has 4 rings (SSSR count). The summed E-state index contributed by atoms with van der Waals surface area (Å²) in [5.74, 6) is 1.33. The van der Waals surface area contributed by atoms with Gasteiger partial charge in [-0.2, -0.15) is 5.10 Å². The van der Waals surface area contributed by atoms with Crippen LogP contribution in [-0.4, -0.2) is 80.6 Å². The van der Waals surface area contributed by atoms with Crippen LogP contribution in [0.25, 0.3) is 22.3 Å². The Morgan fingerprint density at radius 1 is 1.21 bits per heavy atom. The van der Waals surface area contributed by atoms with E-state index in [2.05, 4.69) is 30.0 Å². The lowest BCUT2D eigenvalue weighted by Crippen LogP contribution is -2.38. The zero-order valence-corrected chi connectivity index (χ0v) is 16.5. The van der Waals surface area contributed by atoms with Gasteiger partial charge in [0.2, 0.25) is 5.88 Å². The second-order valence-corrected chi connectivity index (χ2v) is 7.57. The second kappa shape index (κ2) is 7.33. The van der Waals surface area contributed by atoms with E-state index in [0.717, 1.165) is 22.4 Å². The molecule has 0 spiro atoms. The van der Waals surface area contributed by atoms with Gasteiger partial charge in [-0.1, -0.05) is 0 Å². The zero-order valence-electron chi connectivity index (χ0n) is 16.5. The van der Waals surface area contributed by atoms with E-state index in [1.165, 1.54) is 6.33 Å². The van der Waals surface area contributed by atoms with Crippen LogP contribution in [0.4, 0.5) is 5.82 Å². The SMILES string of the molecule is CC(C)Oc1cc2c(-c3cc(N4C[C@H](O)[C@@H](N(C)C)C4)ncn3)n[nH]c2cn1. The number of ether oxygens (including phenoxy) is 1. The standard InChI is InChI=1S/C19H25N7O2/c1-11(2)28-18-5-12-14(7-20-18)23-24-19(12)13-6-17(22-10-21-13)26-8-15(25(3)4)16(27)9-26/h5-7,10-11,15-16,27H,8-9H2,1-4H3,(H,23,24)/t15-,16-/m0/s1. The number of aliphatic hydroxyl groups excluding tert-OH is 1. The minimum atomic E-state index is -0.415. The number of aliphatic hydroxyl groups is 1. The van der Waals surface area contributed by atoms with Gasteiger partial charge in [0.25, 0.3) is 0 Å². The number of hydrogen-bond donors (Lipinski definition) is 2. The van der Waals surface area contributed by atoms with Gasteiger partial charge >= 0.3 is 0 Å². The number of hydrogen-bond acceptors (Lipinski definition) is 8. The Labute approximate surface area is 163 Å². The summed E-state index contributed by atoms with van der Waals surface area (Å²) in [4.78, 5) is 17.2. The maximum atomic E-state index is 10.3. The van der Waals surface area contributed by atoms with Gasteiger partial charge in [0.15, 0.2) is 0 Å². The zero-order chi connectivity index (χ0) is 19.8. The summed E-state index contributed by atoms with van der Waals surface area (Å²) in [6, 6.07) is 3.85. The van der Waals surface area contributed by atoms with Crippen molar-refractivity contribution in [2.24, 2.45) is 0 Å². The van der Waals surface area contributed by atoms with Gasteiger partial charge in [0.1, 0.15) is 17.8 Å². The predicted molar refractivity (Wildman–Crippen MR) is 106 cm³/mol. The van der Waals surface area contributed by atoms with Crippen molar-refractivity contribution in [2.45, 2.75) is 32.1 Å². The average Bonchev–Trinajstić information content (AvgIpc) is 3.24. The van der Waals surface area contributed by atoms with Crippen molar-refractivity contribution in [3.63, 3.8) is 0 Å². The quantitative estimate of drug-likeness (QED) is 0.680. The maximum absolute atomic E-state index is 10.3. The van der Waals surface area contributed by atoms with E-state index >= 15 is 0 Å². The first kappa shape index (κ1) is 18.6. The maximum Gasteiger partial charge on any atom is 0.214 e. The molecule has 4 heterocycles. The molecule has 3 aromatic rings. The van der Waals surface area contributed by atoms with E-state index < -0.39 is 6.10 Å². The van der Waals surface area contributed by atoms with Crippen LogP contribution in [0.1, 0.15) is 13.8 Å². The van der Waals surface area contributed by atoms with Crippen molar-refractivity contribution in [1.82, 2.24) is 30.0 Å². The van der Waals surface area contributed by atoms with Crippen LogP contribution in [0.3, 0.4) is 0 Å². The van der Waals surface area contributed by atoms with Crippen LogP contribution in [0, 0.1) is 0 Å². The second-order valence-electron chi connectivity index (χ2n) is 7.57. The molecule has 28 heavy (non-hydrogen) atoms. The Kier molecular flexibility index (Phi) is 4.86. The van der Waals surface area contributed by atoms with E-state index in [9.17, 15) is 5.11 Å². The Morgan fingerprint density at radius 3 is 2.75 bits per heavy atom. The number of fused-ring (bicyclic) bond motifs is 1. The number of aromatic nitrogens is 5. The Balaban J connectivity index is 1.66. The molecular weight excluding hydrogens is 358 g/mol. The minimum absolute atomic E-state index is 0.0391. The smallest absolute Gasteiger partial charge is 0.214 e. The van der Waals surface area contributed by atoms with Gasteiger partial charge in [-0.05, 0) is 27.9 Å². The van der Waals surface area contributed by atoms with E-state index in [-0.39, 0.29) is 12.1 Å². The molecule has 0 radical (unpaired) electrons. The predicted octanol–water partition coefficient (Wildman–Crippen LogP) is 1.31. The number of rotatable bonds is 5. The highest BCUT2D eigenvalue weighted by Gasteiger charge is 2.33. The van der Waals surface area contributed by atoms with Crippen LogP contribution in [0.2, 0.25) is 0 Å². The molecule has 2 atom stereocenters. The summed E-state index contributed by atoms with van der Waals surface area (Å²) in [6.45, 7) is 5.17. The number of aromatic amines is 1. The van der Waals surface area contributed by atoms with Gasteiger partial charge in [0, 0.05) is 30.6 Å². The molecule has 1 saturated heterocycles. The molecule has 2 N–H and O–H groups in total. The molecule has 3 aromatic heterocycles. The highest BCUT2D eigenvalue weighted by atomic mass is 16.5. The van der Waals surface area contributed by atoms with Gasteiger partial charge in [-0.15, -0.1) is 0 Å². The van der Waals surface area contributed by atoms with Gasteiger partial charge in [-0.25, -0.2) is 15.0 Å². The molecule has 0 aromatic carbocycles. The fourth-order valence-corrected chi connectivity index (χ4v) is 3.51.